The van der Waals surface area contributed by atoms with Crippen LogP contribution < -0.4 is 10.5 Å². The Balaban J connectivity index is 1.73. The van der Waals surface area contributed by atoms with Crippen molar-refractivity contribution in [2.75, 3.05) is 25.9 Å². The van der Waals surface area contributed by atoms with E-state index in [9.17, 15) is 0 Å². The van der Waals surface area contributed by atoms with Crippen LogP contribution in [-0.4, -0.2) is 25.1 Å². The van der Waals surface area contributed by atoms with Gasteiger partial charge in [0, 0.05) is 24.3 Å². The number of furan rings is 1. The fourth-order valence-corrected chi connectivity index (χ4v) is 1.83. The maximum atomic E-state index is 5.66. The number of nitrogen functional groups attached to an aromatic ring is 1. The fraction of sp³-hybridized carbons (Fsp3) is 0.333. The van der Waals surface area contributed by atoms with Crippen molar-refractivity contribution in [1.82, 2.24) is 4.90 Å². The third-order valence-corrected chi connectivity index (χ3v) is 3.03. The van der Waals surface area contributed by atoms with Crippen LogP contribution in [0.1, 0.15) is 11.3 Å². The van der Waals surface area contributed by atoms with E-state index >= 15 is 0 Å². The molecule has 0 saturated carbocycles. The molecule has 4 heteroatoms. The molecule has 1 heterocycles. The van der Waals surface area contributed by atoms with Gasteiger partial charge in [-0.1, -0.05) is 0 Å². The number of hydrogen-bond donors (Lipinski definition) is 1. The molecule has 0 aliphatic rings. The van der Waals surface area contributed by atoms with Crippen molar-refractivity contribution in [3.63, 3.8) is 0 Å². The van der Waals surface area contributed by atoms with Gasteiger partial charge >= 0.3 is 0 Å². The van der Waals surface area contributed by atoms with Gasteiger partial charge in [0.1, 0.15) is 18.1 Å². The highest BCUT2D eigenvalue weighted by atomic mass is 16.5. The Morgan fingerprint density at radius 1 is 1.21 bits per heavy atom. The molecule has 1 aromatic carbocycles. The highest BCUT2D eigenvalue weighted by Crippen LogP contribution is 2.13. The van der Waals surface area contributed by atoms with Gasteiger partial charge in [-0.25, -0.2) is 0 Å². The van der Waals surface area contributed by atoms with Crippen LogP contribution in [0.4, 0.5) is 5.69 Å². The van der Waals surface area contributed by atoms with Gasteiger partial charge in [-0.05, 0) is 44.3 Å². The molecule has 0 amide bonds. The molecule has 0 aliphatic heterocycles. The lowest BCUT2D eigenvalue weighted by atomic mass is 10.2. The van der Waals surface area contributed by atoms with E-state index in [0.29, 0.717) is 6.61 Å². The van der Waals surface area contributed by atoms with Crippen molar-refractivity contribution in [2.45, 2.75) is 13.5 Å². The Hall–Kier alpha value is -1.94. The average molecular weight is 260 g/mol. The molecule has 19 heavy (non-hydrogen) atoms. The van der Waals surface area contributed by atoms with Crippen LogP contribution in [0.5, 0.6) is 5.75 Å². The first-order valence-electron chi connectivity index (χ1n) is 6.35. The van der Waals surface area contributed by atoms with Crippen molar-refractivity contribution < 1.29 is 9.15 Å². The summed E-state index contributed by atoms with van der Waals surface area (Å²) >= 11 is 0. The van der Waals surface area contributed by atoms with E-state index in [2.05, 4.69) is 11.9 Å². The van der Waals surface area contributed by atoms with Crippen molar-refractivity contribution in [3.8, 4) is 5.75 Å². The Kier molecular flexibility index (Phi) is 4.47. The van der Waals surface area contributed by atoms with E-state index in [-0.39, 0.29) is 0 Å². The monoisotopic (exact) mass is 260 g/mol. The summed E-state index contributed by atoms with van der Waals surface area (Å²) in [6, 6.07) is 9.46. The number of nitrogens with zero attached hydrogens (tertiary/aromatic N) is 1. The summed E-state index contributed by atoms with van der Waals surface area (Å²) in [5, 5.41) is 0. The van der Waals surface area contributed by atoms with Crippen molar-refractivity contribution in [1.29, 1.82) is 0 Å². The normalized spacial score (nSPS) is 10.9. The number of aryl methyl sites for hydroxylation is 1. The number of benzene rings is 1. The zero-order valence-electron chi connectivity index (χ0n) is 11.4. The van der Waals surface area contributed by atoms with Gasteiger partial charge in [0.05, 0.1) is 6.26 Å². The highest BCUT2D eigenvalue weighted by Gasteiger charge is 2.05. The first-order valence-corrected chi connectivity index (χ1v) is 6.35. The molecule has 102 valence electrons. The summed E-state index contributed by atoms with van der Waals surface area (Å²) in [6.45, 7) is 4.35. The predicted octanol–water partition coefficient (Wildman–Crippen LogP) is 2.68. The molecule has 0 atom stereocenters. The van der Waals surface area contributed by atoms with Gasteiger partial charge < -0.3 is 14.9 Å². The summed E-state index contributed by atoms with van der Waals surface area (Å²) in [5.74, 6) is 1.83. The molecule has 0 bridgehead atoms. The van der Waals surface area contributed by atoms with Crippen LogP contribution in [-0.2, 0) is 6.54 Å². The van der Waals surface area contributed by atoms with E-state index in [1.807, 2.05) is 37.3 Å². The summed E-state index contributed by atoms with van der Waals surface area (Å²) in [4.78, 5) is 2.20. The van der Waals surface area contributed by atoms with E-state index < -0.39 is 0 Å². The number of anilines is 1. The van der Waals surface area contributed by atoms with Gasteiger partial charge in [0.2, 0.25) is 0 Å². The Labute approximate surface area is 113 Å². The molecule has 4 nitrogen and oxygen atoms in total. The lowest BCUT2D eigenvalue weighted by Gasteiger charge is -2.16. The molecular formula is C15H20N2O2. The summed E-state index contributed by atoms with van der Waals surface area (Å²) in [7, 11) is 2.07. The first-order chi connectivity index (χ1) is 9.15. The molecule has 0 radical (unpaired) electrons. The predicted molar refractivity (Wildman–Crippen MR) is 76.1 cm³/mol. The van der Waals surface area contributed by atoms with Crippen LogP contribution in [0, 0.1) is 6.92 Å². The molecule has 2 rings (SSSR count). The number of nitrogens with two attached hydrogens (primary N) is 1. The second-order valence-electron chi connectivity index (χ2n) is 4.66. The number of likely N-dealkylation sites (N-methyl/N-ethyl adjacent to an activating group) is 1. The zero-order valence-corrected chi connectivity index (χ0v) is 11.4. The van der Waals surface area contributed by atoms with Gasteiger partial charge in [-0.3, -0.25) is 4.90 Å². The third kappa shape index (κ3) is 4.03. The maximum Gasteiger partial charge on any atom is 0.119 e. The van der Waals surface area contributed by atoms with Crippen LogP contribution in [0.3, 0.4) is 0 Å². The van der Waals surface area contributed by atoms with Crippen LogP contribution >= 0.6 is 0 Å². The maximum absolute atomic E-state index is 5.66. The highest BCUT2D eigenvalue weighted by molar-refractivity contribution is 5.41. The second-order valence-corrected chi connectivity index (χ2v) is 4.66. The Morgan fingerprint density at radius 2 is 1.95 bits per heavy atom. The second kappa shape index (κ2) is 6.29. The molecular weight excluding hydrogens is 240 g/mol. The first kappa shape index (κ1) is 13.5. The summed E-state index contributed by atoms with van der Waals surface area (Å²) in [5.41, 5.74) is 7.59. The van der Waals surface area contributed by atoms with Gasteiger partial charge in [0.25, 0.3) is 0 Å². The van der Waals surface area contributed by atoms with Gasteiger partial charge in [-0.15, -0.1) is 0 Å². The molecule has 0 saturated heterocycles. The zero-order chi connectivity index (χ0) is 13.7. The summed E-state index contributed by atoms with van der Waals surface area (Å²) < 4.78 is 10.9. The quantitative estimate of drug-likeness (QED) is 0.811. The van der Waals surface area contributed by atoms with Crippen molar-refractivity contribution in [3.05, 3.63) is 47.9 Å². The van der Waals surface area contributed by atoms with Crippen molar-refractivity contribution >= 4 is 5.69 Å². The van der Waals surface area contributed by atoms with E-state index in [0.717, 1.165) is 30.3 Å². The molecule has 0 spiro atoms. The van der Waals surface area contributed by atoms with E-state index in [1.54, 1.807) is 6.26 Å². The smallest absolute Gasteiger partial charge is 0.119 e. The SMILES string of the molecule is Cc1occc1CN(C)CCOc1ccc(N)cc1. The van der Waals surface area contributed by atoms with E-state index in [1.165, 1.54) is 5.56 Å². The minimum atomic E-state index is 0.650. The van der Waals surface area contributed by atoms with Crippen LogP contribution in [0.2, 0.25) is 0 Å². The van der Waals surface area contributed by atoms with Crippen LogP contribution in [0.15, 0.2) is 41.0 Å². The van der Waals surface area contributed by atoms with Crippen molar-refractivity contribution in [2.24, 2.45) is 0 Å². The van der Waals surface area contributed by atoms with Crippen LogP contribution in [0.25, 0.3) is 0 Å². The molecule has 0 aliphatic carbocycles. The fourth-order valence-electron chi connectivity index (χ4n) is 1.83. The molecule has 1 aromatic heterocycles. The average Bonchev–Trinajstić information content (AvgIpc) is 2.78. The molecule has 0 unspecified atom stereocenters. The lowest BCUT2D eigenvalue weighted by Crippen LogP contribution is -2.23. The van der Waals surface area contributed by atoms with E-state index in [4.69, 9.17) is 14.9 Å². The minimum Gasteiger partial charge on any atom is -0.492 e. The Morgan fingerprint density at radius 3 is 2.58 bits per heavy atom. The number of hydrogen-bond acceptors (Lipinski definition) is 4. The minimum absolute atomic E-state index is 0.650. The summed E-state index contributed by atoms with van der Waals surface area (Å²) in [6.07, 6.45) is 1.73. The standard InChI is InChI=1S/C15H20N2O2/c1-12-13(7-9-18-12)11-17(2)8-10-19-15-5-3-14(16)4-6-15/h3-7,9H,8,10-11,16H2,1-2H3. The number of ether oxygens (including phenoxy) is 1. The van der Waals surface area contributed by atoms with Gasteiger partial charge in [-0.2, -0.15) is 0 Å². The lowest BCUT2D eigenvalue weighted by molar-refractivity contribution is 0.232. The molecule has 2 aromatic rings. The largest absolute Gasteiger partial charge is 0.492 e. The third-order valence-electron chi connectivity index (χ3n) is 3.03. The Bertz CT molecular complexity index is 505. The van der Waals surface area contributed by atoms with Gasteiger partial charge in [0.15, 0.2) is 0 Å². The topological polar surface area (TPSA) is 51.6 Å². The molecule has 0 fully saturated rings. The molecule has 2 N–H and O–H groups in total. The number of rotatable bonds is 6.